The maximum Gasteiger partial charge on any atom is 0.235 e. The van der Waals surface area contributed by atoms with E-state index in [4.69, 9.17) is 14.3 Å². The highest BCUT2D eigenvalue weighted by Crippen LogP contribution is 2.30. The Morgan fingerprint density at radius 2 is 1.65 bits per heavy atom. The topological polar surface area (TPSA) is 52.9 Å². The van der Waals surface area contributed by atoms with Crippen LogP contribution in [0.25, 0.3) is 0 Å². The summed E-state index contributed by atoms with van der Waals surface area (Å²) in [6.07, 6.45) is 2.74. The van der Waals surface area contributed by atoms with Gasteiger partial charge in [-0.25, -0.2) is 4.39 Å². The number of nitrogens with zero attached hydrogens (tertiary/aromatic N) is 2. The molecule has 0 radical (unpaired) electrons. The number of oxime groups is 1. The van der Waals surface area contributed by atoms with Crippen LogP contribution in [0.3, 0.4) is 0 Å². The van der Waals surface area contributed by atoms with Crippen molar-refractivity contribution in [2.45, 2.75) is 12.5 Å². The molecule has 0 aliphatic carbocycles. The molecule has 2 heterocycles. The number of benzene rings is 2. The van der Waals surface area contributed by atoms with Gasteiger partial charge in [0.15, 0.2) is 6.10 Å². The van der Waals surface area contributed by atoms with Gasteiger partial charge in [0.1, 0.15) is 23.1 Å². The SMILES string of the molecule is Fc1cncc(OC2=NOC(c3ccc(Oc4ccccc4)cc3)C2)c1. The van der Waals surface area contributed by atoms with Gasteiger partial charge in [-0.3, -0.25) is 4.98 Å². The number of para-hydroxylation sites is 1. The molecule has 6 heteroatoms. The molecule has 2 aromatic carbocycles. The van der Waals surface area contributed by atoms with Gasteiger partial charge in [0, 0.05) is 6.07 Å². The van der Waals surface area contributed by atoms with Crippen LogP contribution in [0, 0.1) is 5.82 Å². The molecule has 0 amide bonds. The molecule has 5 nitrogen and oxygen atoms in total. The summed E-state index contributed by atoms with van der Waals surface area (Å²) < 4.78 is 24.4. The van der Waals surface area contributed by atoms with Crippen LogP contribution in [0.15, 0.2) is 78.2 Å². The minimum atomic E-state index is -0.465. The molecule has 0 saturated carbocycles. The lowest BCUT2D eigenvalue weighted by atomic mass is 10.1. The van der Waals surface area contributed by atoms with E-state index in [9.17, 15) is 4.39 Å². The van der Waals surface area contributed by atoms with Crippen molar-refractivity contribution in [3.63, 3.8) is 0 Å². The van der Waals surface area contributed by atoms with Crippen molar-refractivity contribution in [3.8, 4) is 17.2 Å². The molecule has 130 valence electrons. The highest BCUT2D eigenvalue weighted by Gasteiger charge is 2.24. The number of pyridine rings is 1. The predicted molar refractivity (Wildman–Crippen MR) is 93.7 cm³/mol. The third kappa shape index (κ3) is 3.80. The Morgan fingerprint density at radius 1 is 0.885 bits per heavy atom. The quantitative estimate of drug-likeness (QED) is 0.674. The van der Waals surface area contributed by atoms with Crippen molar-refractivity contribution in [2.24, 2.45) is 5.16 Å². The minimum Gasteiger partial charge on any atom is -0.457 e. The predicted octanol–water partition coefficient (Wildman–Crippen LogP) is 4.87. The number of rotatable bonds is 4. The first-order valence-electron chi connectivity index (χ1n) is 8.10. The van der Waals surface area contributed by atoms with Gasteiger partial charge >= 0.3 is 0 Å². The van der Waals surface area contributed by atoms with Crippen molar-refractivity contribution in [1.29, 1.82) is 0 Å². The van der Waals surface area contributed by atoms with Crippen LogP contribution >= 0.6 is 0 Å². The first-order chi connectivity index (χ1) is 12.8. The lowest BCUT2D eigenvalue weighted by Crippen LogP contribution is -2.07. The molecule has 1 aliphatic rings. The van der Waals surface area contributed by atoms with E-state index in [1.54, 1.807) is 0 Å². The Labute approximate surface area is 149 Å². The Hall–Kier alpha value is -3.41. The zero-order valence-electron chi connectivity index (χ0n) is 13.7. The highest BCUT2D eigenvalue weighted by atomic mass is 19.1. The first-order valence-corrected chi connectivity index (χ1v) is 8.10. The Morgan fingerprint density at radius 3 is 2.42 bits per heavy atom. The number of ether oxygens (including phenoxy) is 2. The van der Waals surface area contributed by atoms with Gasteiger partial charge in [-0.1, -0.05) is 35.5 Å². The molecular formula is C20H15FN2O3. The third-order valence-electron chi connectivity index (χ3n) is 3.79. The second-order valence-corrected chi connectivity index (χ2v) is 5.71. The second kappa shape index (κ2) is 7.23. The molecule has 1 aromatic heterocycles. The maximum absolute atomic E-state index is 13.2. The summed E-state index contributed by atoms with van der Waals surface area (Å²) in [5.74, 6) is 1.72. The van der Waals surface area contributed by atoms with Crippen molar-refractivity contribution >= 4 is 5.90 Å². The van der Waals surface area contributed by atoms with E-state index in [1.807, 2.05) is 54.6 Å². The molecule has 26 heavy (non-hydrogen) atoms. The lowest BCUT2D eigenvalue weighted by molar-refractivity contribution is 0.0855. The van der Waals surface area contributed by atoms with Crippen molar-refractivity contribution in [1.82, 2.24) is 4.98 Å². The van der Waals surface area contributed by atoms with Crippen LogP contribution in [-0.2, 0) is 4.84 Å². The highest BCUT2D eigenvalue weighted by molar-refractivity contribution is 5.79. The number of hydrogen-bond donors (Lipinski definition) is 0. The van der Waals surface area contributed by atoms with E-state index >= 15 is 0 Å². The molecule has 1 atom stereocenters. The summed E-state index contributed by atoms with van der Waals surface area (Å²) in [5.41, 5.74) is 0.949. The summed E-state index contributed by atoms with van der Waals surface area (Å²) >= 11 is 0. The van der Waals surface area contributed by atoms with Gasteiger partial charge in [-0.2, -0.15) is 0 Å². The Kier molecular flexibility index (Phi) is 4.47. The fraction of sp³-hybridized carbons (Fsp3) is 0.100. The molecule has 0 saturated heterocycles. The van der Waals surface area contributed by atoms with Gasteiger partial charge in [-0.05, 0) is 29.8 Å². The van der Waals surface area contributed by atoms with Crippen molar-refractivity contribution < 1.29 is 18.7 Å². The summed E-state index contributed by atoms with van der Waals surface area (Å²) in [6.45, 7) is 0. The molecule has 0 N–H and O–H groups in total. The molecule has 0 bridgehead atoms. The summed E-state index contributed by atoms with van der Waals surface area (Å²) in [7, 11) is 0. The molecule has 1 aliphatic heterocycles. The van der Waals surface area contributed by atoms with E-state index in [1.165, 1.54) is 12.3 Å². The second-order valence-electron chi connectivity index (χ2n) is 5.71. The standard InChI is InChI=1S/C20H15FN2O3/c21-15-10-18(13-22-12-15)25-20-11-19(26-23-20)14-6-8-17(9-7-14)24-16-4-2-1-3-5-16/h1-10,12-13,19H,11H2. The zero-order chi connectivity index (χ0) is 17.8. The van der Waals surface area contributed by atoms with Crippen LogP contribution in [-0.4, -0.2) is 10.9 Å². The monoisotopic (exact) mass is 350 g/mol. The number of hydrogen-bond acceptors (Lipinski definition) is 5. The first kappa shape index (κ1) is 16.1. The third-order valence-corrected chi connectivity index (χ3v) is 3.79. The molecule has 4 rings (SSSR count). The van der Waals surface area contributed by atoms with Crippen LogP contribution in [0.1, 0.15) is 18.1 Å². The summed E-state index contributed by atoms with van der Waals surface area (Å²) in [5, 5.41) is 3.92. The average molecular weight is 350 g/mol. The maximum atomic E-state index is 13.2. The fourth-order valence-corrected chi connectivity index (χ4v) is 2.55. The number of halogens is 1. The molecule has 0 fully saturated rings. The zero-order valence-corrected chi connectivity index (χ0v) is 13.7. The lowest BCUT2D eigenvalue weighted by Gasteiger charge is -2.10. The van der Waals surface area contributed by atoms with Crippen LogP contribution in [0.2, 0.25) is 0 Å². The fourth-order valence-electron chi connectivity index (χ4n) is 2.55. The van der Waals surface area contributed by atoms with Crippen molar-refractivity contribution in [3.05, 3.63) is 84.4 Å². The van der Waals surface area contributed by atoms with Gasteiger partial charge in [0.05, 0.1) is 18.8 Å². The molecular weight excluding hydrogens is 335 g/mol. The van der Waals surface area contributed by atoms with Crippen LogP contribution in [0.4, 0.5) is 4.39 Å². The Bertz CT molecular complexity index is 914. The van der Waals surface area contributed by atoms with Gasteiger partial charge in [0.25, 0.3) is 0 Å². The molecule has 0 spiro atoms. The average Bonchev–Trinajstić information content (AvgIpc) is 3.12. The Balaban J connectivity index is 1.37. The van der Waals surface area contributed by atoms with Crippen LogP contribution < -0.4 is 9.47 Å². The number of aromatic nitrogens is 1. The summed E-state index contributed by atoms with van der Waals surface area (Å²) in [6, 6.07) is 18.4. The smallest absolute Gasteiger partial charge is 0.235 e. The summed E-state index contributed by atoms with van der Waals surface area (Å²) in [4.78, 5) is 9.16. The van der Waals surface area contributed by atoms with E-state index in [2.05, 4.69) is 10.1 Å². The van der Waals surface area contributed by atoms with Crippen molar-refractivity contribution in [2.75, 3.05) is 0 Å². The van der Waals surface area contributed by atoms with E-state index in [-0.39, 0.29) is 6.10 Å². The molecule has 1 unspecified atom stereocenters. The minimum absolute atomic E-state index is 0.253. The van der Waals surface area contributed by atoms with Crippen LogP contribution in [0.5, 0.6) is 17.2 Å². The largest absolute Gasteiger partial charge is 0.457 e. The normalized spacial score (nSPS) is 15.9. The molecule has 3 aromatic rings. The van der Waals surface area contributed by atoms with E-state index in [0.717, 1.165) is 23.3 Å². The van der Waals surface area contributed by atoms with E-state index < -0.39 is 5.82 Å². The van der Waals surface area contributed by atoms with Gasteiger partial charge in [0.2, 0.25) is 5.90 Å². The van der Waals surface area contributed by atoms with Gasteiger partial charge in [-0.15, -0.1) is 0 Å². The van der Waals surface area contributed by atoms with Gasteiger partial charge < -0.3 is 14.3 Å². The van der Waals surface area contributed by atoms with E-state index in [0.29, 0.717) is 18.1 Å².